The smallest absolute Gasteiger partial charge is 0.409 e. The van der Waals surface area contributed by atoms with E-state index in [4.69, 9.17) is 9.47 Å². The minimum atomic E-state index is -0.262. The first-order chi connectivity index (χ1) is 13.1. The predicted octanol–water partition coefficient (Wildman–Crippen LogP) is 1.95. The third kappa shape index (κ3) is 7.09. The van der Waals surface area contributed by atoms with E-state index < -0.39 is 0 Å². The molecular weight excluding hydrogens is 346 g/mol. The topological polar surface area (TPSA) is 79.9 Å². The van der Waals surface area contributed by atoms with Crippen LogP contribution in [0.4, 0.5) is 4.79 Å². The Morgan fingerprint density at radius 2 is 1.93 bits per heavy atom. The van der Waals surface area contributed by atoms with Crippen LogP contribution in [0.2, 0.25) is 0 Å². The highest BCUT2D eigenvalue weighted by atomic mass is 16.6. The fourth-order valence-electron chi connectivity index (χ4n) is 3.18. The maximum Gasteiger partial charge on any atom is 0.409 e. The fourth-order valence-corrected chi connectivity index (χ4v) is 3.18. The average Bonchev–Trinajstić information content (AvgIpc) is 2.68. The van der Waals surface area contributed by atoms with Crippen LogP contribution in [-0.4, -0.2) is 62.8 Å². The van der Waals surface area contributed by atoms with E-state index in [1.54, 1.807) is 18.9 Å². The van der Waals surface area contributed by atoms with Crippen LogP contribution in [-0.2, 0) is 16.0 Å². The van der Waals surface area contributed by atoms with Gasteiger partial charge >= 0.3 is 6.09 Å². The molecule has 2 amide bonds. The maximum atomic E-state index is 12.1. The van der Waals surface area contributed by atoms with Crippen molar-refractivity contribution < 1.29 is 19.1 Å². The van der Waals surface area contributed by atoms with Crippen molar-refractivity contribution in [1.29, 1.82) is 0 Å². The largest absolute Gasteiger partial charge is 0.496 e. The van der Waals surface area contributed by atoms with Crippen molar-refractivity contribution >= 4 is 12.0 Å². The van der Waals surface area contributed by atoms with Crippen molar-refractivity contribution in [3.63, 3.8) is 0 Å². The molecule has 2 rings (SSSR count). The third-order valence-electron chi connectivity index (χ3n) is 4.68. The highest BCUT2D eigenvalue weighted by molar-refractivity contribution is 5.76. The van der Waals surface area contributed by atoms with Gasteiger partial charge in [-0.25, -0.2) is 4.79 Å². The molecule has 0 aliphatic carbocycles. The molecule has 0 unspecified atom stereocenters. The first kappa shape index (κ1) is 21.0. The van der Waals surface area contributed by atoms with Gasteiger partial charge in [-0.3, -0.25) is 4.79 Å². The van der Waals surface area contributed by atoms with Gasteiger partial charge in [0.15, 0.2) is 0 Å². The van der Waals surface area contributed by atoms with E-state index in [0.717, 1.165) is 37.1 Å². The normalized spacial score (nSPS) is 14.7. The molecule has 7 nitrogen and oxygen atoms in total. The molecule has 150 valence electrons. The molecule has 0 spiro atoms. The number of rotatable bonds is 9. The maximum absolute atomic E-state index is 12.1. The number of nitrogens with one attached hydrogen (secondary N) is 2. The lowest BCUT2D eigenvalue weighted by Gasteiger charge is -2.31. The zero-order valence-electron chi connectivity index (χ0n) is 16.3. The van der Waals surface area contributed by atoms with Gasteiger partial charge in [-0.2, -0.15) is 0 Å². The van der Waals surface area contributed by atoms with Gasteiger partial charge < -0.3 is 25.0 Å². The van der Waals surface area contributed by atoms with E-state index in [0.29, 0.717) is 32.7 Å². The number of likely N-dealkylation sites (tertiary alicyclic amines) is 1. The van der Waals surface area contributed by atoms with Crippen LogP contribution in [0.15, 0.2) is 24.3 Å². The number of ether oxygens (including phenoxy) is 2. The predicted molar refractivity (Wildman–Crippen MR) is 104 cm³/mol. The average molecular weight is 377 g/mol. The number of carbonyl (C=O) groups excluding carboxylic acids is 2. The molecule has 0 saturated carbocycles. The number of hydrogen-bond donors (Lipinski definition) is 2. The molecule has 0 atom stereocenters. The Labute approximate surface area is 161 Å². The summed E-state index contributed by atoms with van der Waals surface area (Å²) in [6, 6.07) is 8.10. The number of nitrogens with zero attached hydrogens (tertiary/aromatic N) is 1. The second kappa shape index (κ2) is 11.4. The zero-order valence-corrected chi connectivity index (χ0v) is 16.3. The zero-order chi connectivity index (χ0) is 19.5. The lowest BCUT2D eigenvalue weighted by molar-refractivity contribution is -0.121. The molecule has 2 N–H and O–H groups in total. The van der Waals surface area contributed by atoms with E-state index in [1.807, 2.05) is 18.2 Å². The summed E-state index contributed by atoms with van der Waals surface area (Å²) in [5, 5.41) is 6.36. The lowest BCUT2D eigenvalue weighted by atomic mass is 10.1. The molecule has 7 heteroatoms. The molecule has 1 fully saturated rings. The third-order valence-corrected chi connectivity index (χ3v) is 4.68. The van der Waals surface area contributed by atoms with E-state index >= 15 is 0 Å². The summed E-state index contributed by atoms with van der Waals surface area (Å²) in [6.45, 7) is 4.88. The number of benzene rings is 1. The van der Waals surface area contributed by atoms with Gasteiger partial charge in [0.25, 0.3) is 0 Å². The minimum Gasteiger partial charge on any atom is -0.496 e. The van der Waals surface area contributed by atoms with Crippen LogP contribution in [0.25, 0.3) is 0 Å². The number of amides is 2. The Morgan fingerprint density at radius 1 is 1.19 bits per heavy atom. The van der Waals surface area contributed by atoms with Gasteiger partial charge in [0.2, 0.25) is 5.91 Å². The fraction of sp³-hybridized carbons (Fsp3) is 0.600. The summed E-state index contributed by atoms with van der Waals surface area (Å²) in [5.74, 6) is 0.945. The van der Waals surface area contributed by atoms with Crippen LogP contribution >= 0.6 is 0 Å². The Hall–Kier alpha value is -2.28. The molecule has 0 radical (unpaired) electrons. The van der Waals surface area contributed by atoms with Crippen molar-refractivity contribution in [2.75, 3.05) is 39.9 Å². The van der Waals surface area contributed by atoms with Gasteiger partial charge in [-0.1, -0.05) is 18.2 Å². The number of methoxy groups -OCH3 is 1. The molecule has 1 heterocycles. The van der Waals surface area contributed by atoms with Crippen molar-refractivity contribution in [3.8, 4) is 5.75 Å². The Bertz CT molecular complexity index is 601. The number of hydrogen-bond acceptors (Lipinski definition) is 5. The van der Waals surface area contributed by atoms with Gasteiger partial charge in [-0.15, -0.1) is 0 Å². The van der Waals surface area contributed by atoms with Crippen LogP contribution in [0.3, 0.4) is 0 Å². The van der Waals surface area contributed by atoms with Gasteiger partial charge in [-0.05, 0) is 44.4 Å². The van der Waals surface area contributed by atoms with Crippen LogP contribution in [0.1, 0.15) is 31.7 Å². The Balaban J connectivity index is 1.57. The molecule has 0 aromatic heterocycles. The number of carbonyl (C=O) groups is 2. The SMILES string of the molecule is CCOC(=O)N1CCC(NC(=O)CCNCCc2ccccc2OC)CC1. The van der Waals surface area contributed by atoms with Crippen molar-refractivity contribution in [3.05, 3.63) is 29.8 Å². The molecule has 1 aromatic carbocycles. The summed E-state index contributed by atoms with van der Waals surface area (Å²) < 4.78 is 10.3. The first-order valence-corrected chi connectivity index (χ1v) is 9.67. The molecule has 1 saturated heterocycles. The second-order valence-corrected chi connectivity index (χ2v) is 6.59. The van der Waals surface area contributed by atoms with Crippen LogP contribution in [0.5, 0.6) is 5.75 Å². The highest BCUT2D eigenvalue weighted by Crippen LogP contribution is 2.17. The van der Waals surface area contributed by atoms with Crippen molar-refractivity contribution in [2.45, 2.75) is 38.6 Å². The Morgan fingerprint density at radius 3 is 2.63 bits per heavy atom. The minimum absolute atomic E-state index is 0.0503. The van der Waals surface area contributed by atoms with Crippen molar-refractivity contribution in [1.82, 2.24) is 15.5 Å². The molecule has 0 bridgehead atoms. The highest BCUT2D eigenvalue weighted by Gasteiger charge is 2.24. The lowest BCUT2D eigenvalue weighted by Crippen LogP contribution is -2.47. The summed E-state index contributed by atoms with van der Waals surface area (Å²) in [7, 11) is 1.67. The van der Waals surface area contributed by atoms with Crippen LogP contribution < -0.4 is 15.4 Å². The molecule has 1 aliphatic heterocycles. The summed E-state index contributed by atoms with van der Waals surface area (Å²) in [5.41, 5.74) is 1.16. The molecule has 27 heavy (non-hydrogen) atoms. The van der Waals surface area contributed by atoms with Crippen LogP contribution in [0, 0.1) is 0 Å². The van der Waals surface area contributed by atoms with Gasteiger partial charge in [0.1, 0.15) is 5.75 Å². The monoisotopic (exact) mass is 377 g/mol. The van der Waals surface area contributed by atoms with E-state index in [-0.39, 0.29) is 18.0 Å². The first-order valence-electron chi connectivity index (χ1n) is 9.67. The molecule has 1 aromatic rings. The summed E-state index contributed by atoms with van der Waals surface area (Å²) >= 11 is 0. The second-order valence-electron chi connectivity index (χ2n) is 6.59. The van der Waals surface area contributed by atoms with Crippen molar-refractivity contribution in [2.24, 2.45) is 0 Å². The Kier molecular flexibility index (Phi) is 8.91. The van der Waals surface area contributed by atoms with E-state index in [9.17, 15) is 9.59 Å². The molecule has 1 aliphatic rings. The molecular formula is C20H31N3O4. The number of para-hydroxylation sites is 1. The van der Waals surface area contributed by atoms with Gasteiger partial charge in [0.05, 0.1) is 13.7 Å². The quantitative estimate of drug-likeness (QED) is 0.643. The van der Waals surface area contributed by atoms with Gasteiger partial charge in [0, 0.05) is 32.1 Å². The summed E-state index contributed by atoms with van der Waals surface area (Å²) in [6.07, 6.45) is 2.58. The number of piperidine rings is 1. The van der Waals surface area contributed by atoms with E-state index in [1.165, 1.54) is 0 Å². The summed E-state index contributed by atoms with van der Waals surface area (Å²) in [4.78, 5) is 25.5. The standard InChI is InChI=1S/C20H31N3O4/c1-3-27-20(25)23-14-10-17(11-15-23)22-19(24)9-13-21-12-8-16-6-4-5-7-18(16)26-2/h4-7,17,21H,3,8-15H2,1-2H3,(H,22,24). The van der Waals surface area contributed by atoms with E-state index in [2.05, 4.69) is 16.7 Å².